The molecular weight excluding hydrogens is 216 g/mol. The maximum absolute atomic E-state index is 12.1. The third kappa shape index (κ3) is 2.17. The van der Waals surface area contributed by atoms with Crippen molar-refractivity contribution in [1.29, 1.82) is 0 Å². The largest absolute Gasteiger partial charge is 0.481 e. The summed E-state index contributed by atoms with van der Waals surface area (Å²) in [5.74, 6) is -1.01. The molecular formula is C10H18O4S. The van der Waals surface area contributed by atoms with Gasteiger partial charge in [0, 0.05) is 0 Å². The number of carboxylic acid groups (broad SMARTS) is 1. The number of carbonyl (C=O) groups is 1. The van der Waals surface area contributed by atoms with E-state index in [2.05, 4.69) is 0 Å². The van der Waals surface area contributed by atoms with Crippen molar-refractivity contribution in [3.63, 3.8) is 0 Å². The highest BCUT2D eigenvalue weighted by Crippen LogP contribution is 2.41. The summed E-state index contributed by atoms with van der Waals surface area (Å²) in [6.07, 6.45) is 2.39. The molecule has 0 spiro atoms. The van der Waals surface area contributed by atoms with E-state index in [0.717, 1.165) is 12.8 Å². The third-order valence-corrected chi connectivity index (χ3v) is 6.21. The first-order chi connectivity index (χ1) is 6.82. The predicted molar refractivity (Wildman–Crippen MR) is 57.5 cm³/mol. The van der Waals surface area contributed by atoms with Crippen molar-refractivity contribution in [3.05, 3.63) is 0 Å². The average molecular weight is 234 g/mol. The molecule has 0 heterocycles. The van der Waals surface area contributed by atoms with Gasteiger partial charge in [0.05, 0.1) is 16.4 Å². The van der Waals surface area contributed by atoms with E-state index in [4.69, 9.17) is 5.11 Å². The molecule has 0 saturated heterocycles. The molecule has 15 heavy (non-hydrogen) atoms. The van der Waals surface area contributed by atoms with Crippen molar-refractivity contribution in [2.45, 2.75) is 55.9 Å². The van der Waals surface area contributed by atoms with Crippen LogP contribution in [0.15, 0.2) is 0 Å². The highest BCUT2D eigenvalue weighted by Gasteiger charge is 2.48. The monoisotopic (exact) mass is 234 g/mol. The predicted octanol–water partition coefficient (Wildman–Crippen LogP) is 1.60. The summed E-state index contributed by atoms with van der Waals surface area (Å²) in [6, 6.07) is 0. The first-order valence-electron chi connectivity index (χ1n) is 5.27. The minimum Gasteiger partial charge on any atom is -0.481 e. The van der Waals surface area contributed by atoms with Crippen molar-refractivity contribution < 1.29 is 18.3 Å². The second-order valence-corrected chi connectivity index (χ2v) is 7.45. The van der Waals surface area contributed by atoms with Gasteiger partial charge in [-0.2, -0.15) is 0 Å². The van der Waals surface area contributed by atoms with Gasteiger partial charge in [-0.25, -0.2) is 8.42 Å². The molecule has 0 aromatic carbocycles. The van der Waals surface area contributed by atoms with Gasteiger partial charge in [-0.1, -0.05) is 12.8 Å². The normalized spacial score (nSPS) is 20.7. The fraction of sp³-hybridized carbons (Fsp3) is 0.900. The van der Waals surface area contributed by atoms with Crippen LogP contribution in [0.2, 0.25) is 0 Å². The maximum atomic E-state index is 12.1. The molecule has 0 unspecified atom stereocenters. The maximum Gasteiger partial charge on any atom is 0.304 e. The Morgan fingerprint density at radius 2 is 1.80 bits per heavy atom. The van der Waals surface area contributed by atoms with Gasteiger partial charge in [0.15, 0.2) is 9.84 Å². The van der Waals surface area contributed by atoms with E-state index in [1.807, 2.05) is 0 Å². The van der Waals surface area contributed by atoms with Crippen LogP contribution >= 0.6 is 0 Å². The fourth-order valence-corrected chi connectivity index (χ4v) is 4.54. The van der Waals surface area contributed by atoms with Gasteiger partial charge in [-0.3, -0.25) is 4.79 Å². The molecule has 0 aliphatic heterocycles. The Morgan fingerprint density at radius 1 is 1.33 bits per heavy atom. The van der Waals surface area contributed by atoms with Crippen LogP contribution in [0.25, 0.3) is 0 Å². The van der Waals surface area contributed by atoms with Gasteiger partial charge in [0.1, 0.15) is 0 Å². The molecule has 0 amide bonds. The van der Waals surface area contributed by atoms with Crippen molar-refractivity contribution in [2.24, 2.45) is 0 Å². The van der Waals surface area contributed by atoms with E-state index in [1.54, 1.807) is 13.8 Å². The van der Waals surface area contributed by atoms with E-state index in [1.165, 1.54) is 0 Å². The highest BCUT2D eigenvalue weighted by molar-refractivity contribution is 7.93. The van der Waals surface area contributed by atoms with Crippen molar-refractivity contribution >= 4 is 15.8 Å². The van der Waals surface area contributed by atoms with Crippen LogP contribution in [0.4, 0.5) is 0 Å². The summed E-state index contributed by atoms with van der Waals surface area (Å²) in [4.78, 5) is 10.8. The second kappa shape index (κ2) is 4.12. The first kappa shape index (κ1) is 12.5. The molecule has 0 aromatic rings. The molecule has 1 aliphatic rings. The van der Waals surface area contributed by atoms with Crippen LogP contribution in [0.5, 0.6) is 0 Å². The number of sulfone groups is 1. The first-order valence-corrected chi connectivity index (χ1v) is 6.82. The lowest BCUT2D eigenvalue weighted by molar-refractivity contribution is -0.137. The number of carboxylic acids is 1. The lowest BCUT2D eigenvalue weighted by Crippen LogP contribution is -2.42. The third-order valence-electron chi connectivity index (χ3n) is 3.21. The van der Waals surface area contributed by atoms with Crippen molar-refractivity contribution in [3.8, 4) is 0 Å². The lowest BCUT2D eigenvalue weighted by Gasteiger charge is -2.29. The summed E-state index contributed by atoms with van der Waals surface area (Å²) in [7, 11) is -3.31. The SMILES string of the molecule is CC(C)S(=O)(=O)C1(CC(=O)O)CCCC1. The Morgan fingerprint density at radius 3 is 2.13 bits per heavy atom. The number of hydrogen-bond donors (Lipinski definition) is 1. The molecule has 0 aromatic heterocycles. The summed E-state index contributed by atoms with van der Waals surface area (Å²) >= 11 is 0. The van der Waals surface area contributed by atoms with Crippen LogP contribution in [0.1, 0.15) is 46.0 Å². The molecule has 88 valence electrons. The zero-order valence-corrected chi connectivity index (χ0v) is 10.0. The molecule has 0 bridgehead atoms. The molecule has 1 N–H and O–H groups in total. The van der Waals surface area contributed by atoms with Gasteiger partial charge < -0.3 is 5.11 Å². The number of rotatable bonds is 4. The summed E-state index contributed by atoms with van der Waals surface area (Å²) in [5, 5.41) is 8.33. The molecule has 1 saturated carbocycles. The number of aliphatic carboxylic acids is 1. The lowest BCUT2D eigenvalue weighted by atomic mass is 10.0. The molecule has 5 heteroatoms. The zero-order valence-electron chi connectivity index (χ0n) is 9.19. The van der Waals surface area contributed by atoms with Crippen LogP contribution in [0, 0.1) is 0 Å². The Balaban J connectivity index is 3.06. The highest BCUT2D eigenvalue weighted by atomic mass is 32.2. The van der Waals surface area contributed by atoms with E-state index in [0.29, 0.717) is 12.8 Å². The summed E-state index contributed by atoms with van der Waals surface area (Å²) in [6.45, 7) is 3.24. The Bertz CT molecular complexity index is 336. The van der Waals surface area contributed by atoms with Gasteiger partial charge in [0.25, 0.3) is 0 Å². The Labute approximate surface area is 90.6 Å². The Kier molecular flexibility index (Phi) is 3.43. The van der Waals surface area contributed by atoms with Crippen molar-refractivity contribution in [1.82, 2.24) is 0 Å². The average Bonchev–Trinajstić information content (AvgIpc) is 2.52. The minimum absolute atomic E-state index is 0.243. The van der Waals surface area contributed by atoms with Gasteiger partial charge in [-0.05, 0) is 26.7 Å². The molecule has 0 radical (unpaired) electrons. The van der Waals surface area contributed by atoms with Gasteiger partial charge >= 0.3 is 5.97 Å². The van der Waals surface area contributed by atoms with Crippen molar-refractivity contribution in [2.75, 3.05) is 0 Å². The molecule has 1 rings (SSSR count). The Hall–Kier alpha value is -0.580. The van der Waals surface area contributed by atoms with E-state index in [-0.39, 0.29) is 6.42 Å². The van der Waals surface area contributed by atoms with Crippen LogP contribution < -0.4 is 0 Å². The molecule has 0 atom stereocenters. The number of hydrogen-bond acceptors (Lipinski definition) is 3. The molecule has 1 aliphatic carbocycles. The summed E-state index contributed by atoms with van der Waals surface area (Å²) < 4.78 is 23.3. The smallest absolute Gasteiger partial charge is 0.304 e. The zero-order chi connectivity index (χ0) is 11.7. The standard InChI is InChI=1S/C10H18O4S/c1-8(2)15(13,14)10(7-9(11)12)5-3-4-6-10/h8H,3-7H2,1-2H3,(H,11,12). The van der Waals surface area contributed by atoms with Crippen LogP contribution in [-0.2, 0) is 14.6 Å². The van der Waals surface area contributed by atoms with E-state index >= 15 is 0 Å². The second-order valence-electron chi connectivity index (χ2n) is 4.55. The molecule has 1 fully saturated rings. The van der Waals surface area contributed by atoms with Crippen LogP contribution in [0.3, 0.4) is 0 Å². The van der Waals surface area contributed by atoms with E-state index in [9.17, 15) is 13.2 Å². The molecule has 4 nitrogen and oxygen atoms in total. The van der Waals surface area contributed by atoms with Crippen LogP contribution in [-0.4, -0.2) is 29.5 Å². The van der Waals surface area contributed by atoms with Gasteiger partial charge in [-0.15, -0.1) is 0 Å². The topological polar surface area (TPSA) is 71.4 Å². The minimum atomic E-state index is -3.31. The van der Waals surface area contributed by atoms with Gasteiger partial charge in [0.2, 0.25) is 0 Å². The fourth-order valence-electron chi connectivity index (χ4n) is 2.36. The van der Waals surface area contributed by atoms with E-state index < -0.39 is 25.8 Å². The quantitative estimate of drug-likeness (QED) is 0.802. The summed E-state index contributed by atoms with van der Waals surface area (Å²) in [5.41, 5.74) is 0.